The molecule has 30 heavy (non-hydrogen) atoms. The molecule has 4 rings (SSSR count). The second-order valence-corrected chi connectivity index (χ2v) is 6.37. The lowest BCUT2D eigenvalue weighted by molar-refractivity contribution is -0.384. The summed E-state index contributed by atoms with van der Waals surface area (Å²) in [7, 11) is 0. The molecule has 2 aromatic carbocycles. The van der Waals surface area contributed by atoms with Crippen molar-refractivity contribution in [2.75, 3.05) is 0 Å². The number of carbonyl (C=O) groups excluding carboxylic acids is 1. The van der Waals surface area contributed by atoms with Gasteiger partial charge in [-0.15, -0.1) is 0 Å². The lowest BCUT2D eigenvalue weighted by Gasteiger charge is -2.07. The van der Waals surface area contributed by atoms with Crippen molar-refractivity contribution in [2.45, 2.75) is 6.54 Å². The van der Waals surface area contributed by atoms with Gasteiger partial charge in [-0.05, 0) is 24.3 Å². The standard InChI is InChI=1S/C21H16N6O3/c28-20(25-23-13-15-6-5-7-16(12-15)27(29)30)14-26-19-10-2-1-8-17(19)24-21(26)18-9-3-4-11-22-18/h1-13H,14H2,(H,25,28). The minimum Gasteiger partial charge on any atom is -0.313 e. The summed E-state index contributed by atoms with van der Waals surface area (Å²) in [6.07, 6.45) is 3.03. The zero-order chi connectivity index (χ0) is 20.9. The number of benzene rings is 2. The quantitative estimate of drug-likeness (QED) is 0.303. The topological polar surface area (TPSA) is 115 Å². The second-order valence-electron chi connectivity index (χ2n) is 6.37. The highest BCUT2D eigenvalue weighted by molar-refractivity contribution is 5.85. The molecular formula is C21H16N6O3. The molecular weight excluding hydrogens is 384 g/mol. The van der Waals surface area contributed by atoms with Crippen LogP contribution in [0.15, 0.2) is 78.0 Å². The van der Waals surface area contributed by atoms with Crippen molar-refractivity contribution < 1.29 is 9.72 Å². The van der Waals surface area contributed by atoms with E-state index in [1.807, 2.05) is 42.5 Å². The van der Waals surface area contributed by atoms with Crippen LogP contribution in [0, 0.1) is 10.1 Å². The maximum Gasteiger partial charge on any atom is 0.270 e. The molecule has 0 unspecified atom stereocenters. The van der Waals surface area contributed by atoms with E-state index < -0.39 is 4.92 Å². The van der Waals surface area contributed by atoms with E-state index >= 15 is 0 Å². The predicted molar refractivity (Wildman–Crippen MR) is 112 cm³/mol. The Labute approximate surface area is 170 Å². The maximum atomic E-state index is 12.5. The minimum absolute atomic E-state index is 0.0152. The highest BCUT2D eigenvalue weighted by Gasteiger charge is 2.15. The van der Waals surface area contributed by atoms with E-state index in [4.69, 9.17) is 0 Å². The average molecular weight is 400 g/mol. The molecule has 0 aliphatic carbocycles. The number of hydrogen-bond acceptors (Lipinski definition) is 6. The lowest BCUT2D eigenvalue weighted by Crippen LogP contribution is -2.23. The molecule has 0 fully saturated rings. The van der Waals surface area contributed by atoms with Crippen LogP contribution >= 0.6 is 0 Å². The first-order valence-electron chi connectivity index (χ1n) is 9.05. The fourth-order valence-corrected chi connectivity index (χ4v) is 3.00. The molecule has 0 radical (unpaired) electrons. The summed E-state index contributed by atoms with van der Waals surface area (Å²) in [6.45, 7) is -0.0152. The number of amides is 1. The number of nitrogens with one attached hydrogen (secondary N) is 1. The zero-order valence-electron chi connectivity index (χ0n) is 15.7. The maximum absolute atomic E-state index is 12.5. The summed E-state index contributed by atoms with van der Waals surface area (Å²) < 4.78 is 1.77. The largest absolute Gasteiger partial charge is 0.313 e. The Morgan fingerprint density at radius 3 is 2.77 bits per heavy atom. The summed E-state index contributed by atoms with van der Waals surface area (Å²) in [6, 6.07) is 19.0. The predicted octanol–water partition coefficient (Wildman–Crippen LogP) is 3.16. The molecule has 0 saturated carbocycles. The first-order valence-corrected chi connectivity index (χ1v) is 9.05. The van der Waals surface area contributed by atoms with E-state index in [1.165, 1.54) is 18.3 Å². The molecule has 148 valence electrons. The summed E-state index contributed by atoms with van der Waals surface area (Å²) in [4.78, 5) is 31.8. The average Bonchev–Trinajstić information content (AvgIpc) is 3.13. The van der Waals surface area contributed by atoms with E-state index in [0.717, 1.165) is 11.0 Å². The molecule has 2 aromatic heterocycles. The summed E-state index contributed by atoms with van der Waals surface area (Å²) in [5.74, 6) is 0.214. The van der Waals surface area contributed by atoms with Gasteiger partial charge in [0.05, 0.1) is 22.2 Å². The van der Waals surface area contributed by atoms with Gasteiger partial charge >= 0.3 is 0 Å². The van der Waals surface area contributed by atoms with E-state index in [-0.39, 0.29) is 18.1 Å². The highest BCUT2D eigenvalue weighted by atomic mass is 16.6. The molecule has 0 saturated heterocycles. The number of imidazole rings is 1. The van der Waals surface area contributed by atoms with Gasteiger partial charge in [0.25, 0.3) is 11.6 Å². The molecule has 4 aromatic rings. The van der Waals surface area contributed by atoms with Crippen LogP contribution in [-0.2, 0) is 11.3 Å². The van der Waals surface area contributed by atoms with E-state index in [0.29, 0.717) is 17.1 Å². The van der Waals surface area contributed by atoms with Gasteiger partial charge in [0.1, 0.15) is 12.2 Å². The van der Waals surface area contributed by atoms with E-state index in [2.05, 4.69) is 20.5 Å². The van der Waals surface area contributed by atoms with Gasteiger partial charge < -0.3 is 4.57 Å². The normalized spacial score (nSPS) is 11.1. The Morgan fingerprint density at radius 2 is 1.97 bits per heavy atom. The number of carbonyl (C=O) groups is 1. The van der Waals surface area contributed by atoms with Gasteiger partial charge in [-0.1, -0.05) is 30.3 Å². The Balaban J connectivity index is 1.55. The third-order valence-corrected chi connectivity index (χ3v) is 4.33. The Kier molecular flexibility index (Phi) is 5.25. The molecule has 0 aliphatic heterocycles. The van der Waals surface area contributed by atoms with Crippen molar-refractivity contribution in [1.82, 2.24) is 20.0 Å². The van der Waals surface area contributed by atoms with Crippen LogP contribution in [0.2, 0.25) is 0 Å². The number of para-hydroxylation sites is 2. The van der Waals surface area contributed by atoms with Crippen LogP contribution in [0.1, 0.15) is 5.56 Å². The van der Waals surface area contributed by atoms with Crippen molar-refractivity contribution in [1.29, 1.82) is 0 Å². The van der Waals surface area contributed by atoms with Gasteiger partial charge in [-0.3, -0.25) is 19.9 Å². The van der Waals surface area contributed by atoms with Gasteiger partial charge in [-0.2, -0.15) is 5.10 Å². The zero-order valence-corrected chi connectivity index (χ0v) is 15.7. The molecule has 1 N–H and O–H groups in total. The molecule has 0 bridgehead atoms. The van der Waals surface area contributed by atoms with Crippen molar-refractivity contribution in [2.24, 2.45) is 5.10 Å². The van der Waals surface area contributed by atoms with Crippen molar-refractivity contribution in [3.05, 3.63) is 88.6 Å². The monoisotopic (exact) mass is 400 g/mol. The molecule has 1 amide bonds. The number of nitro groups is 1. The lowest BCUT2D eigenvalue weighted by atomic mass is 10.2. The van der Waals surface area contributed by atoms with Crippen molar-refractivity contribution >= 4 is 28.8 Å². The van der Waals surface area contributed by atoms with Crippen LogP contribution < -0.4 is 5.43 Å². The van der Waals surface area contributed by atoms with Gasteiger partial charge in [-0.25, -0.2) is 10.4 Å². The van der Waals surface area contributed by atoms with E-state index in [1.54, 1.807) is 22.9 Å². The number of hydrogen-bond donors (Lipinski definition) is 1. The number of aromatic nitrogens is 3. The molecule has 0 atom stereocenters. The minimum atomic E-state index is -0.487. The number of pyridine rings is 1. The van der Waals surface area contributed by atoms with Gasteiger partial charge in [0, 0.05) is 23.9 Å². The van der Waals surface area contributed by atoms with Crippen LogP contribution in [-0.4, -0.2) is 31.6 Å². The number of hydrazone groups is 1. The van der Waals surface area contributed by atoms with Crippen molar-refractivity contribution in [3.63, 3.8) is 0 Å². The molecule has 9 nitrogen and oxygen atoms in total. The summed E-state index contributed by atoms with van der Waals surface area (Å²) >= 11 is 0. The fourth-order valence-electron chi connectivity index (χ4n) is 3.00. The summed E-state index contributed by atoms with van der Waals surface area (Å²) in [5.41, 5.74) is 5.12. The van der Waals surface area contributed by atoms with Gasteiger partial charge in [0.2, 0.25) is 0 Å². The Morgan fingerprint density at radius 1 is 1.13 bits per heavy atom. The van der Waals surface area contributed by atoms with Crippen LogP contribution in [0.5, 0.6) is 0 Å². The number of nitrogens with zero attached hydrogens (tertiary/aromatic N) is 5. The Hall–Kier alpha value is -4.40. The first kappa shape index (κ1) is 18.9. The molecule has 0 spiro atoms. The molecule has 9 heteroatoms. The second kappa shape index (κ2) is 8.31. The fraction of sp³-hybridized carbons (Fsp3) is 0.0476. The first-order chi connectivity index (χ1) is 14.6. The number of non-ortho nitro benzene ring substituents is 1. The van der Waals surface area contributed by atoms with Crippen molar-refractivity contribution in [3.8, 4) is 11.5 Å². The number of nitro benzene ring substituents is 1. The number of rotatable bonds is 6. The molecule has 0 aliphatic rings. The van der Waals surface area contributed by atoms with Crippen LogP contribution in [0.25, 0.3) is 22.6 Å². The highest BCUT2D eigenvalue weighted by Crippen LogP contribution is 2.23. The van der Waals surface area contributed by atoms with Crippen LogP contribution in [0.3, 0.4) is 0 Å². The third-order valence-electron chi connectivity index (χ3n) is 4.33. The SMILES string of the molecule is O=C(Cn1c(-c2ccccn2)nc2ccccc21)NN=Cc1cccc([N+](=O)[O-])c1. The third kappa shape index (κ3) is 4.04. The van der Waals surface area contributed by atoms with Crippen LogP contribution in [0.4, 0.5) is 5.69 Å². The smallest absolute Gasteiger partial charge is 0.270 e. The summed E-state index contributed by atoms with van der Waals surface area (Å²) in [5, 5.41) is 14.8. The van der Waals surface area contributed by atoms with Gasteiger partial charge in [0.15, 0.2) is 5.82 Å². The Bertz CT molecular complexity index is 1250. The van der Waals surface area contributed by atoms with E-state index in [9.17, 15) is 14.9 Å². The molecule has 2 heterocycles. The number of fused-ring (bicyclic) bond motifs is 1.